The SMILES string of the molecule is COc1ccc(C(=O)NCC(=O)OCc2ncc(-c3ccccc3)o2)cc1. The summed E-state index contributed by atoms with van der Waals surface area (Å²) in [5.41, 5.74) is 1.30. The predicted octanol–water partition coefficient (Wildman–Crippen LogP) is 2.82. The predicted molar refractivity (Wildman–Crippen MR) is 97.1 cm³/mol. The molecule has 0 radical (unpaired) electrons. The van der Waals surface area contributed by atoms with Gasteiger partial charge in [-0.2, -0.15) is 0 Å². The van der Waals surface area contributed by atoms with Crippen molar-refractivity contribution in [2.24, 2.45) is 0 Å². The number of hydrogen-bond acceptors (Lipinski definition) is 6. The molecule has 138 valence electrons. The minimum Gasteiger partial charge on any atom is -0.497 e. The molecule has 7 nitrogen and oxygen atoms in total. The summed E-state index contributed by atoms with van der Waals surface area (Å²) in [4.78, 5) is 27.9. The van der Waals surface area contributed by atoms with Crippen molar-refractivity contribution in [3.63, 3.8) is 0 Å². The van der Waals surface area contributed by atoms with E-state index in [-0.39, 0.29) is 24.9 Å². The van der Waals surface area contributed by atoms with Crippen LogP contribution in [-0.2, 0) is 16.1 Å². The molecule has 0 unspecified atom stereocenters. The zero-order valence-corrected chi connectivity index (χ0v) is 14.7. The molecule has 1 aromatic heterocycles. The largest absolute Gasteiger partial charge is 0.497 e. The van der Waals surface area contributed by atoms with Crippen molar-refractivity contribution >= 4 is 11.9 Å². The zero-order valence-electron chi connectivity index (χ0n) is 14.7. The minimum atomic E-state index is -0.587. The van der Waals surface area contributed by atoms with Gasteiger partial charge >= 0.3 is 5.97 Å². The molecular formula is C20H18N2O5. The molecule has 0 saturated heterocycles. The minimum absolute atomic E-state index is 0.107. The van der Waals surface area contributed by atoms with Crippen LogP contribution in [0.3, 0.4) is 0 Å². The molecular weight excluding hydrogens is 348 g/mol. The molecule has 0 aliphatic carbocycles. The fraction of sp³-hybridized carbons (Fsp3) is 0.150. The van der Waals surface area contributed by atoms with Crippen molar-refractivity contribution < 1.29 is 23.5 Å². The van der Waals surface area contributed by atoms with Gasteiger partial charge in [0.2, 0.25) is 5.89 Å². The maximum Gasteiger partial charge on any atom is 0.325 e. The molecule has 2 aromatic carbocycles. The molecule has 0 fully saturated rings. The highest BCUT2D eigenvalue weighted by Crippen LogP contribution is 2.19. The first kappa shape index (κ1) is 18.2. The van der Waals surface area contributed by atoms with E-state index in [4.69, 9.17) is 13.9 Å². The van der Waals surface area contributed by atoms with Crippen LogP contribution in [0.4, 0.5) is 0 Å². The third kappa shape index (κ3) is 4.94. The van der Waals surface area contributed by atoms with E-state index < -0.39 is 5.97 Å². The van der Waals surface area contributed by atoms with Gasteiger partial charge in [0.05, 0.1) is 13.3 Å². The topological polar surface area (TPSA) is 90.7 Å². The molecule has 3 rings (SSSR count). The number of rotatable bonds is 7. The summed E-state index contributed by atoms with van der Waals surface area (Å²) in [5, 5.41) is 2.50. The summed E-state index contributed by atoms with van der Waals surface area (Å²) >= 11 is 0. The van der Waals surface area contributed by atoms with Gasteiger partial charge in [-0.15, -0.1) is 0 Å². The number of oxazole rings is 1. The number of carbonyl (C=O) groups excluding carboxylic acids is 2. The van der Waals surface area contributed by atoms with Crippen LogP contribution in [0.5, 0.6) is 5.75 Å². The average Bonchev–Trinajstić information content (AvgIpc) is 3.20. The van der Waals surface area contributed by atoms with E-state index in [1.165, 1.54) is 0 Å². The van der Waals surface area contributed by atoms with Crippen molar-refractivity contribution in [2.75, 3.05) is 13.7 Å². The molecule has 7 heteroatoms. The summed E-state index contributed by atoms with van der Waals surface area (Å²) in [6.07, 6.45) is 1.57. The second-order valence-corrected chi connectivity index (χ2v) is 5.56. The highest BCUT2D eigenvalue weighted by molar-refractivity contribution is 5.96. The maximum atomic E-state index is 12.0. The van der Waals surface area contributed by atoms with Gasteiger partial charge < -0.3 is 19.2 Å². The average molecular weight is 366 g/mol. The number of ether oxygens (including phenoxy) is 2. The van der Waals surface area contributed by atoms with Gasteiger partial charge in [-0.3, -0.25) is 9.59 Å². The van der Waals surface area contributed by atoms with Gasteiger partial charge in [0.25, 0.3) is 5.91 Å². The molecule has 0 atom stereocenters. The lowest BCUT2D eigenvalue weighted by Crippen LogP contribution is -2.30. The van der Waals surface area contributed by atoms with Crippen molar-refractivity contribution in [3.8, 4) is 17.1 Å². The molecule has 0 aliphatic rings. The standard InChI is InChI=1S/C20H18N2O5/c1-25-16-9-7-15(8-10-16)20(24)22-12-19(23)26-13-18-21-11-17(27-18)14-5-3-2-4-6-14/h2-11H,12-13H2,1H3,(H,22,24). The second-order valence-electron chi connectivity index (χ2n) is 5.56. The van der Waals surface area contributed by atoms with E-state index >= 15 is 0 Å². The van der Waals surface area contributed by atoms with Crippen LogP contribution >= 0.6 is 0 Å². The first-order valence-electron chi connectivity index (χ1n) is 8.23. The number of nitrogens with one attached hydrogen (secondary N) is 1. The molecule has 0 saturated carbocycles. The number of methoxy groups -OCH3 is 1. The monoisotopic (exact) mass is 366 g/mol. The molecule has 1 heterocycles. The van der Waals surface area contributed by atoms with Gasteiger partial charge in [-0.05, 0) is 24.3 Å². The number of aromatic nitrogens is 1. The Bertz CT molecular complexity index is 904. The fourth-order valence-corrected chi connectivity index (χ4v) is 2.30. The number of carbonyl (C=O) groups is 2. The molecule has 1 N–H and O–H groups in total. The van der Waals surface area contributed by atoms with Gasteiger partial charge in [0, 0.05) is 11.1 Å². The number of benzene rings is 2. The number of esters is 1. The van der Waals surface area contributed by atoms with Crippen LogP contribution in [-0.4, -0.2) is 30.5 Å². The smallest absolute Gasteiger partial charge is 0.325 e. The first-order valence-corrected chi connectivity index (χ1v) is 8.23. The molecule has 0 bridgehead atoms. The Labute approximate surface area is 155 Å². The van der Waals surface area contributed by atoms with Gasteiger partial charge in [0.1, 0.15) is 12.3 Å². The lowest BCUT2D eigenvalue weighted by atomic mass is 10.2. The molecule has 0 spiro atoms. The quantitative estimate of drug-likeness (QED) is 0.647. The van der Waals surface area contributed by atoms with Crippen LogP contribution in [0.15, 0.2) is 65.2 Å². The molecule has 27 heavy (non-hydrogen) atoms. The Morgan fingerprint density at radius 2 is 1.81 bits per heavy atom. The van der Waals surface area contributed by atoms with E-state index in [9.17, 15) is 9.59 Å². The summed E-state index contributed by atoms with van der Waals surface area (Å²) in [6.45, 7) is -0.360. The first-order chi connectivity index (χ1) is 13.2. The number of amides is 1. The fourth-order valence-electron chi connectivity index (χ4n) is 2.30. The van der Waals surface area contributed by atoms with Crippen LogP contribution in [0.25, 0.3) is 11.3 Å². The van der Waals surface area contributed by atoms with Gasteiger partial charge in [0.15, 0.2) is 12.4 Å². The van der Waals surface area contributed by atoms with E-state index in [2.05, 4.69) is 10.3 Å². The van der Waals surface area contributed by atoms with Gasteiger partial charge in [-0.1, -0.05) is 30.3 Å². The third-order valence-corrected chi connectivity index (χ3v) is 3.71. The Morgan fingerprint density at radius 3 is 2.52 bits per heavy atom. The van der Waals surface area contributed by atoms with E-state index in [0.717, 1.165) is 5.56 Å². The Balaban J connectivity index is 1.45. The highest BCUT2D eigenvalue weighted by Gasteiger charge is 2.11. The van der Waals surface area contributed by atoms with Crippen LogP contribution in [0, 0.1) is 0 Å². The number of hydrogen-bond donors (Lipinski definition) is 1. The van der Waals surface area contributed by atoms with Crippen molar-refractivity contribution in [2.45, 2.75) is 6.61 Å². The Hall–Kier alpha value is -3.61. The van der Waals surface area contributed by atoms with Gasteiger partial charge in [-0.25, -0.2) is 4.98 Å². The number of nitrogens with zero attached hydrogens (tertiary/aromatic N) is 1. The molecule has 1 amide bonds. The lowest BCUT2D eigenvalue weighted by molar-refractivity contribution is -0.144. The summed E-state index contributed by atoms with van der Waals surface area (Å²) in [5.74, 6) is 0.554. The second kappa shape index (κ2) is 8.66. The normalized spacial score (nSPS) is 10.3. The van der Waals surface area contributed by atoms with Crippen LogP contribution in [0.2, 0.25) is 0 Å². The van der Waals surface area contributed by atoms with Crippen molar-refractivity contribution in [3.05, 3.63) is 72.2 Å². The maximum absolute atomic E-state index is 12.0. The summed E-state index contributed by atoms with van der Waals surface area (Å²) < 4.78 is 15.6. The lowest BCUT2D eigenvalue weighted by Gasteiger charge is -2.06. The third-order valence-electron chi connectivity index (χ3n) is 3.71. The van der Waals surface area contributed by atoms with E-state index in [1.54, 1.807) is 37.6 Å². The Kier molecular flexibility index (Phi) is 5.84. The Morgan fingerprint density at radius 1 is 1.07 bits per heavy atom. The molecule has 0 aliphatic heterocycles. The highest BCUT2D eigenvalue weighted by atomic mass is 16.5. The van der Waals surface area contributed by atoms with E-state index in [1.807, 2.05) is 30.3 Å². The van der Waals surface area contributed by atoms with Crippen molar-refractivity contribution in [1.82, 2.24) is 10.3 Å². The van der Waals surface area contributed by atoms with Crippen molar-refractivity contribution in [1.29, 1.82) is 0 Å². The van der Waals surface area contributed by atoms with Crippen LogP contribution in [0.1, 0.15) is 16.2 Å². The summed E-state index contributed by atoms with van der Waals surface area (Å²) in [6, 6.07) is 16.0. The van der Waals surface area contributed by atoms with E-state index in [0.29, 0.717) is 17.1 Å². The summed E-state index contributed by atoms with van der Waals surface area (Å²) in [7, 11) is 1.54. The molecule has 3 aromatic rings. The zero-order chi connectivity index (χ0) is 19.1. The van der Waals surface area contributed by atoms with Crippen LogP contribution < -0.4 is 10.1 Å².